The van der Waals surface area contributed by atoms with Crippen LogP contribution in [0.3, 0.4) is 0 Å². The third-order valence-electron chi connectivity index (χ3n) is 7.22. The van der Waals surface area contributed by atoms with Crippen LogP contribution in [-0.4, -0.2) is 49.2 Å². The molecule has 0 spiro atoms. The second-order valence-corrected chi connectivity index (χ2v) is 12.4. The molecule has 0 atom stereocenters. The van der Waals surface area contributed by atoms with E-state index in [1.165, 1.54) is 54.2 Å². The number of carbonyl (C=O) groups excluding carboxylic acids is 1. The molecule has 4 aliphatic rings. The molecule has 7 heteroatoms. The standard InChI is InChI=1S/C21H32N2O3S2/c1-3-23(21-13-16-10-17(14-21)12-18(11-16)15-21)19(24)6-4-8-22(2)28(25,26)20-7-5-9-27-20/h5,7,9,16-18H,3-4,6,8,10-15H2,1-2H3. The van der Waals surface area contributed by atoms with Crippen LogP contribution in [0.5, 0.6) is 0 Å². The van der Waals surface area contributed by atoms with Gasteiger partial charge in [-0.1, -0.05) is 6.07 Å². The third-order valence-corrected chi connectivity index (χ3v) is 10.4. The SMILES string of the molecule is CCN(C(=O)CCCN(C)S(=O)(=O)c1cccs1)C12CC3CC(CC(C3)C1)C2. The Labute approximate surface area is 173 Å². The van der Waals surface area contributed by atoms with E-state index in [-0.39, 0.29) is 11.4 Å². The number of carbonyl (C=O) groups is 1. The zero-order valence-corrected chi connectivity index (χ0v) is 18.6. The minimum Gasteiger partial charge on any atom is -0.337 e. The van der Waals surface area contributed by atoms with Crippen molar-refractivity contribution in [3.8, 4) is 0 Å². The molecule has 1 aromatic heterocycles. The fourth-order valence-electron chi connectivity index (χ4n) is 6.44. The van der Waals surface area contributed by atoms with Gasteiger partial charge >= 0.3 is 0 Å². The first kappa shape index (κ1) is 20.4. The molecule has 156 valence electrons. The summed E-state index contributed by atoms with van der Waals surface area (Å²) in [5.41, 5.74) is 0.0928. The van der Waals surface area contributed by atoms with Crippen molar-refractivity contribution in [2.75, 3.05) is 20.1 Å². The fourth-order valence-corrected chi connectivity index (χ4v) is 8.85. The van der Waals surface area contributed by atoms with Crippen molar-refractivity contribution < 1.29 is 13.2 Å². The lowest BCUT2D eigenvalue weighted by Crippen LogP contribution is -2.61. The van der Waals surface area contributed by atoms with E-state index < -0.39 is 10.0 Å². The first-order chi connectivity index (χ1) is 13.3. The van der Waals surface area contributed by atoms with Crippen LogP contribution in [0.15, 0.2) is 21.7 Å². The van der Waals surface area contributed by atoms with Crippen molar-refractivity contribution in [2.24, 2.45) is 17.8 Å². The van der Waals surface area contributed by atoms with E-state index in [2.05, 4.69) is 11.8 Å². The summed E-state index contributed by atoms with van der Waals surface area (Å²) in [5, 5.41) is 1.77. The number of nitrogens with zero attached hydrogens (tertiary/aromatic N) is 2. The van der Waals surface area contributed by atoms with Crippen LogP contribution in [0.25, 0.3) is 0 Å². The number of thiophene rings is 1. The highest BCUT2D eigenvalue weighted by Gasteiger charge is 2.54. The van der Waals surface area contributed by atoms with Crippen LogP contribution in [0, 0.1) is 17.8 Å². The smallest absolute Gasteiger partial charge is 0.252 e. The molecule has 4 fully saturated rings. The maximum Gasteiger partial charge on any atom is 0.252 e. The van der Waals surface area contributed by atoms with E-state index in [4.69, 9.17) is 0 Å². The average Bonchev–Trinajstić information content (AvgIpc) is 3.16. The molecule has 4 aliphatic carbocycles. The Kier molecular flexibility index (Phi) is 5.62. The Morgan fingerprint density at radius 3 is 2.29 bits per heavy atom. The van der Waals surface area contributed by atoms with Gasteiger partial charge in [0.15, 0.2) is 0 Å². The van der Waals surface area contributed by atoms with Gasteiger partial charge in [-0.05, 0) is 81.1 Å². The van der Waals surface area contributed by atoms with Crippen molar-refractivity contribution >= 4 is 27.3 Å². The van der Waals surface area contributed by atoms with E-state index in [0.717, 1.165) is 24.3 Å². The van der Waals surface area contributed by atoms with Crippen LogP contribution >= 0.6 is 11.3 Å². The van der Waals surface area contributed by atoms with Gasteiger partial charge in [-0.3, -0.25) is 4.79 Å². The van der Waals surface area contributed by atoms with Gasteiger partial charge < -0.3 is 4.90 Å². The van der Waals surface area contributed by atoms with Gasteiger partial charge in [0.05, 0.1) is 0 Å². The highest BCUT2D eigenvalue weighted by atomic mass is 32.2. The maximum absolute atomic E-state index is 13.1. The summed E-state index contributed by atoms with van der Waals surface area (Å²) in [5.74, 6) is 2.66. The van der Waals surface area contributed by atoms with E-state index in [1.807, 2.05) is 0 Å². The maximum atomic E-state index is 13.1. The van der Waals surface area contributed by atoms with E-state index in [9.17, 15) is 13.2 Å². The summed E-state index contributed by atoms with van der Waals surface area (Å²) in [4.78, 5) is 15.3. The van der Waals surface area contributed by atoms with E-state index in [1.54, 1.807) is 24.6 Å². The van der Waals surface area contributed by atoms with Gasteiger partial charge in [0.1, 0.15) is 4.21 Å². The Balaban J connectivity index is 1.35. The van der Waals surface area contributed by atoms with Crippen LogP contribution in [-0.2, 0) is 14.8 Å². The van der Waals surface area contributed by atoms with Gasteiger partial charge in [-0.15, -0.1) is 11.3 Å². The van der Waals surface area contributed by atoms with Gasteiger partial charge in [-0.2, -0.15) is 0 Å². The lowest BCUT2D eigenvalue weighted by atomic mass is 9.52. The molecule has 5 nitrogen and oxygen atoms in total. The second kappa shape index (κ2) is 7.73. The molecular formula is C21H32N2O3S2. The zero-order valence-electron chi connectivity index (χ0n) is 17.0. The highest BCUT2D eigenvalue weighted by Crippen LogP contribution is 2.57. The first-order valence-electron chi connectivity index (χ1n) is 10.6. The van der Waals surface area contributed by atoms with Crippen LogP contribution < -0.4 is 0 Å². The number of rotatable bonds is 8. The summed E-state index contributed by atoms with van der Waals surface area (Å²) in [6.07, 6.45) is 8.67. The summed E-state index contributed by atoms with van der Waals surface area (Å²) in [6, 6.07) is 3.38. The molecule has 0 saturated heterocycles. The van der Waals surface area contributed by atoms with Gasteiger partial charge in [0, 0.05) is 32.1 Å². The molecule has 1 heterocycles. The van der Waals surface area contributed by atoms with E-state index >= 15 is 0 Å². The lowest BCUT2D eigenvalue weighted by Gasteiger charge is -2.60. The summed E-state index contributed by atoms with van der Waals surface area (Å²) < 4.78 is 26.8. The predicted octanol–water partition coefficient (Wildman–Crippen LogP) is 3.97. The molecule has 28 heavy (non-hydrogen) atoms. The van der Waals surface area contributed by atoms with Crippen molar-refractivity contribution in [3.63, 3.8) is 0 Å². The Hall–Kier alpha value is -0.920. The molecule has 1 aromatic rings. The summed E-state index contributed by atoms with van der Waals surface area (Å²) in [6.45, 7) is 3.25. The van der Waals surface area contributed by atoms with Gasteiger partial charge in [-0.25, -0.2) is 12.7 Å². The number of hydrogen-bond acceptors (Lipinski definition) is 4. The molecule has 0 N–H and O–H groups in total. The zero-order chi connectivity index (χ0) is 19.9. The number of amides is 1. The molecule has 0 radical (unpaired) electrons. The van der Waals surface area contributed by atoms with Crippen LogP contribution in [0.1, 0.15) is 58.3 Å². The topological polar surface area (TPSA) is 57.7 Å². The quantitative estimate of drug-likeness (QED) is 0.634. The predicted molar refractivity (Wildman–Crippen MR) is 112 cm³/mol. The summed E-state index contributed by atoms with van der Waals surface area (Å²) in [7, 11) is -1.82. The molecule has 5 rings (SSSR count). The van der Waals surface area contributed by atoms with Crippen molar-refractivity contribution in [1.29, 1.82) is 0 Å². The molecule has 1 amide bonds. The minimum absolute atomic E-state index is 0.0928. The molecule has 0 aliphatic heterocycles. The van der Waals surface area contributed by atoms with Crippen LogP contribution in [0.2, 0.25) is 0 Å². The molecule has 4 bridgehead atoms. The van der Waals surface area contributed by atoms with E-state index in [0.29, 0.717) is 23.6 Å². The largest absolute Gasteiger partial charge is 0.337 e. The molecule has 4 saturated carbocycles. The molecular weight excluding hydrogens is 392 g/mol. The lowest BCUT2D eigenvalue weighted by molar-refractivity contribution is -0.150. The normalized spacial score (nSPS) is 31.5. The van der Waals surface area contributed by atoms with Crippen molar-refractivity contribution in [1.82, 2.24) is 9.21 Å². The Morgan fingerprint density at radius 1 is 1.18 bits per heavy atom. The Bertz CT molecular complexity index is 768. The number of hydrogen-bond donors (Lipinski definition) is 0. The third kappa shape index (κ3) is 3.65. The Morgan fingerprint density at radius 2 is 1.79 bits per heavy atom. The van der Waals surface area contributed by atoms with Crippen molar-refractivity contribution in [2.45, 2.75) is 68.0 Å². The highest BCUT2D eigenvalue weighted by molar-refractivity contribution is 7.91. The number of sulfonamides is 1. The average molecular weight is 425 g/mol. The minimum atomic E-state index is -3.43. The van der Waals surface area contributed by atoms with Crippen molar-refractivity contribution in [3.05, 3.63) is 17.5 Å². The second-order valence-electron chi connectivity index (χ2n) is 9.14. The van der Waals surface area contributed by atoms with Gasteiger partial charge in [0.25, 0.3) is 10.0 Å². The molecule has 0 unspecified atom stereocenters. The van der Waals surface area contributed by atoms with Gasteiger partial charge in [0.2, 0.25) is 5.91 Å². The monoisotopic (exact) mass is 424 g/mol. The molecule has 0 aromatic carbocycles. The fraction of sp³-hybridized carbons (Fsp3) is 0.762. The van der Waals surface area contributed by atoms with Crippen LogP contribution in [0.4, 0.5) is 0 Å². The summed E-state index contributed by atoms with van der Waals surface area (Å²) >= 11 is 1.23. The first-order valence-corrected chi connectivity index (χ1v) is 13.0.